The van der Waals surface area contributed by atoms with Crippen molar-refractivity contribution in [1.29, 1.82) is 0 Å². The smallest absolute Gasteiger partial charge is 0.325 e. The van der Waals surface area contributed by atoms with Crippen LogP contribution in [0.25, 0.3) is 0 Å². The molecule has 1 aliphatic heterocycles. The zero-order valence-electron chi connectivity index (χ0n) is 13.2. The van der Waals surface area contributed by atoms with Crippen molar-refractivity contribution in [2.75, 3.05) is 0 Å². The zero-order valence-corrected chi connectivity index (χ0v) is 15.6. The molecule has 1 atom stereocenters. The van der Waals surface area contributed by atoms with Crippen LogP contribution in [0, 0.1) is 5.82 Å². The van der Waals surface area contributed by atoms with Gasteiger partial charge in [0.25, 0.3) is 0 Å². The lowest BCUT2D eigenvalue weighted by molar-refractivity contribution is -0.136. The number of thioether (sulfide) groups is 1. The van der Waals surface area contributed by atoms with Gasteiger partial charge < -0.3 is 5.11 Å². The second-order valence-electron chi connectivity index (χ2n) is 5.55. The van der Waals surface area contributed by atoms with Gasteiger partial charge in [0, 0.05) is 18.0 Å². The molecule has 1 aliphatic rings. The van der Waals surface area contributed by atoms with Crippen molar-refractivity contribution in [3.05, 3.63) is 37.4 Å². The molecule has 0 fully saturated rings. The van der Waals surface area contributed by atoms with E-state index in [9.17, 15) is 14.0 Å². The molecule has 134 valence electrons. The number of hydrogen-bond acceptors (Lipinski definition) is 5. The van der Waals surface area contributed by atoms with Crippen molar-refractivity contribution < 1.29 is 14.3 Å². The molecule has 0 radical (unpaired) electrons. The van der Waals surface area contributed by atoms with Crippen LogP contribution in [0.15, 0.2) is 26.8 Å². The van der Waals surface area contributed by atoms with Crippen LogP contribution >= 0.6 is 34.7 Å². The summed E-state index contributed by atoms with van der Waals surface area (Å²) in [6.45, 7) is 2.81. The molecule has 1 unspecified atom stereocenters. The van der Waals surface area contributed by atoms with Crippen LogP contribution in [-0.4, -0.2) is 25.7 Å². The molecule has 0 saturated carbocycles. The van der Waals surface area contributed by atoms with E-state index in [-0.39, 0.29) is 15.6 Å². The normalized spacial score (nSPS) is 15.9. The van der Waals surface area contributed by atoms with Gasteiger partial charge in [-0.15, -0.1) is 11.8 Å². The highest BCUT2D eigenvalue weighted by molar-refractivity contribution is 8.00. The van der Waals surface area contributed by atoms with Gasteiger partial charge in [0.1, 0.15) is 16.8 Å². The molecule has 1 aromatic carbocycles. The van der Waals surface area contributed by atoms with Crippen molar-refractivity contribution >= 4 is 46.4 Å². The summed E-state index contributed by atoms with van der Waals surface area (Å²) in [5, 5.41) is 8.43. The predicted molar refractivity (Wildman–Crippen MR) is 95.4 cm³/mol. The minimum atomic E-state index is -0.987. The molecule has 2 aromatic rings. The molecule has 0 aliphatic carbocycles. The topological polar surface area (TPSA) is 76.6 Å². The predicted octanol–water partition coefficient (Wildman–Crippen LogP) is 3.10. The standard InChI is InChI=1S/C15H15ClFN3O3S2/c1-8(13(21)22)24-12-7-11(10(17)6-9(12)16)18-14-19-4-2-3-5-20(19)15(23)25-14/h6-8H,2-5H2,1H3,(H,21,22). The van der Waals surface area contributed by atoms with E-state index < -0.39 is 17.0 Å². The Morgan fingerprint density at radius 1 is 1.40 bits per heavy atom. The lowest BCUT2D eigenvalue weighted by Crippen LogP contribution is -2.31. The summed E-state index contributed by atoms with van der Waals surface area (Å²) >= 11 is 8.00. The Morgan fingerprint density at radius 3 is 2.76 bits per heavy atom. The third-order valence-electron chi connectivity index (χ3n) is 3.76. The highest BCUT2D eigenvalue weighted by atomic mass is 35.5. The molecule has 2 heterocycles. The minimum absolute atomic E-state index is 0.0345. The number of carboxylic acid groups (broad SMARTS) is 1. The summed E-state index contributed by atoms with van der Waals surface area (Å²) in [6.07, 6.45) is 1.86. The number of nitrogens with zero attached hydrogens (tertiary/aromatic N) is 3. The molecule has 10 heteroatoms. The van der Waals surface area contributed by atoms with Gasteiger partial charge in [0.05, 0.1) is 5.02 Å². The average molecular weight is 404 g/mol. The van der Waals surface area contributed by atoms with Gasteiger partial charge in [0.15, 0.2) is 0 Å². The van der Waals surface area contributed by atoms with Crippen LogP contribution in [0.4, 0.5) is 10.1 Å². The molecule has 0 spiro atoms. The monoisotopic (exact) mass is 403 g/mol. The Balaban J connectivity index is 2.06. The first-order valence-electron chi connectivity index (χ1n) is 7.61. The quantitative estimate of drug-likeness (QED) is 0.796. The van der Waals surface area contributed by atoms with Crippen LogP contribution in [-0.2, 0) is 17.9 Å². The number of carboxylic acids is 1. The SMILES string of the molecule is CC(Sc1cc(N=c2sc(=O)n3n2CCCC3)c(F)cc1Cl)C(=O)O. The fourth-order valence-electron chi connectivity index (χ4n) is 2.46. The molecule has 0 bridgehead atoms. The van der Waals surface area contributed by atoms with E-state index in [4.69, 9.17) is 16.7 Å². The van der Waals surface area contributed by atoms with Gasteiger partial charge in [-0.3, -0.25) is 14.3 Å². The lowest BCUT2D eigenvalue weighted by atomic mass is 10.3. The van der Waals surface area contributed by atoms with Gasteiger partial charge >= 0.3 is 10.8 Å². The summed E-state index contributed by atoms with van der Waals surface area (Å²) in [4.78, 5) is 28.1. The minimum Gasteiger partial charge on any atom is -0.480 e. The van der Waals surface area contributed by atoms with Crippen molar-refractivity contribution in [3.63, 3.8) is 0 Å². The number of halogens is 2. The molecule has 6 nitrogen and oxygen atoms in total. The van der Waals surface area contributed by atoms with E-state index in [0.717, 1.165) is 42.0 Å². The number of rotatable bonds is 4. The van der Waals surface area contributed by atoms with Crippen LogP contribution in [0.3, 0.4) is 0 Å². The molecule has 3 rings (SSSR count). The van der Waals surface area contributed by atoms with Gasteiger partial charge in [0.2, 0.25) is 4.80 Å². The molecule has 1 aromatic heterocycles. The lowest BCUT2D eigenvalue weighted by Gasteiger charge is -2.15. The average Bonchev–Trinajstić information content (AvgIpc) is 2.88. The number of fused-ring (bicyclic) bond motifs is 1. The Morgan fingerprint density at radius 2 is 2.08 bits per heavy atom. The fourth-order valence-corrected chi connectivity index (χ4v) is 4.46. The van der Waals surface area contributed by atoms with E-state index in [0.29, 0.717) is 22.8 Å². The largest absolute Gasteiger partial charge is 0.480 e. The maximum absolute atomic E-state index is 14.3. The Kier molecular flexibility index (Phi) is 5.35. The number of benzene rings is 1. The van der Waals surface area contributed by atoms with Gasteiger partial charge in [-0.25, -0.2) is 14.1 Å². The summed E-state index contributed by atoms with van der Waals surface area (Å²) in [6, 6.07) is 2.54. The number of aromatic nitrogens is 2. The van der Waals surface area contributed by atoms with E-state index in [1.165, 1.54) is 13.0 Å². The third kappa shape index (κ3) is 3.83. The first-order valence-corrected chi connectivity index (χ1v) is 9.68. The number of aliphatic carboxylic acids is 1. The van der Waals surface area contributed by atoms with Crippen LogP contribution in [0.1, 0.15) is 19.8 Å². The Bertz CT molecular complexity index is 950. The summed E-state index contributed by atoms with van der Waals surface area (Å²) in [5.74, 6) is -1.60. The van der Waals surface area contributed by atoms with E-state index >= 15 is 0 Å². The maximum atomic E-state index is 14.3. The first kappa shape index (κ1) is 18.2. The van der Waals surface area contributed by atoms with Gasteiger partial charge in [-0.05, 0) is 43.2 Å². The van der Waals surface area contributed by atoms with E-state index in [2.05, 4.69) is 4.99 Å². The fraction of sp³-hybridized carbons (Fsp3) is 0.400. The van der Waals surface area contributed by atoms with Crippen molar-refractivity contribution in [2.45, 2.75) is 43.0 Å². The highest BCUT2D eigenvalue weighted by Gasteiger charge is 2.18. The van der Waals surface area contributed by atoms with E-state index in [1.54, 1.807) is 9.36 Å². The summed E-state index contributed by atoms with van der Waals surface area (Å²) in [7, 11) is 0. The van der Waals surface area contributed by atoms with Crippen LogP contribution in [0.5, 0.6) is 0 Å². The molecular weight excluding hydrogens is 389 g/mol. The molecular formula is C15H15ClFN3O3S2. The second-order valence-corrected chi connectivity index (χ2v) is 8.26. The maximum Gasteiger partial charge on any atom is 0.325 e. The zero-order chi connectivity index (χ0) is 18.1. The van der Waals surface area contributed by atoms with Gasteiger partial charge in [-0.2, -0.15) is 0 Å². The van der Waals surface area contributed by atoms with Crippen LogP contribution in [0.2, 0.25) is 5.02 Å². The first-order chi connectivity index (χ1) is 11.9. The van der Waals surface area contributed by atoms with Gasteiger partial charge in [-0.1, -0.05) is 11.6 Å². The van der Waals surface area contributed by atoms with E-state index in [1.807, 2.05) is 0 Å². The molecule has 0 amide bonds. The van der Waals surface area contributed by atoms with Crippen molar-refractivity contribution in [2.24, 2.45) is 4.99 Å². The Hall–Kier alpha value is -1.58. The number of carbonyl (C=O) groups is 1. The third-order valence-corrected chi connectivity index (χ3v) is 6.20. The second kappa shape index (κ2) is 7.35. The number of hydrogen-bond donors (Lipinski definition) is 1. The Labute approximate surface area is 155 Å². The van der Waals surface area contributed by atoms with Crippen LogP contribution < -0.4 is 9.67 Å². The van der Waals surface area contributed by atoms with Crippen molar-refractivity contribution in [3.8, 4) is 0 Å². The summed E-state index contributed by atoms with van der Waals surface area (Å²) < 4.78 is 17.6. The molecule has 1 N–H and O–H groups in total. The summed E-state index contributed by atoms with van der Waals surface area (Å²) in [5.41, 5.74) is 0.0345. The highest BCUT2D eigenvalue weighted by Crippen LogP contribution is 2.35. The molecule has 0 saturated heterocycles. The van der Waals surface area contributed by atoms with Crippen molar-refractivity contribution in [1.82, 2.24) is 9.36 Å². The molecule has 25 heavy (non-hydrogen) atoms.